The van der Waals surface area contributed by atoms with E-state index in [4.69, 9.17) is 10.8 Å². The predicted octanol–water partition coefficient (Wildman–Crippen LogP) is -2.91. The molecule has 10 N–H and O–H groups in total. The Morgan fingerprint density at radius 1 is 0.825 bits per heavy atom. The highest BCUT2D eigenvalue weighted by molar-refractivity contribution is 5.94. The van der Waals surface area contributed by atoms with Gasteiger partial charge >= 0.3 is 5.97 Å². The Morgan fingerprint density at radius 3 is 2.02 bits per heavy atom. The number of hydrogen-bond acceptors (Lipinski definition) is 9. The van der Waals surface area contributed by atoms with Crippen molar-refractivity contribution >= 4 is 35.5 Å². The molecule has 40 heavy (non-hydrogen) atoms. The molecule has 0 aliphatic rings. The van der Waals surface area contributed by atoms with E-state index in [0.29, 0.717) is 5.56 Å². The molecule has 0 aliphatic carbocycles. The summed E-state index contributed by atoms with van der Waals surface area (Å²) in [6.07, 6.45) is 0.0156. The number of aliphatic hydroxyl groups excluding tert-OH is 1. The number of aliphatic carboxylic acids is 1. The standard InChI is InChI=1S/C25H38N6O9/c1-14(2)9-18(25(40)31-19(13-32)24(39)27-8-7-22(36)37)30-21(35)12-28-20(34)11-29-23(38)17(26)10-15-3-5-16(33)6-4-15/h3-6,14,17-19,32-33H,7-13,26H2,1-2H3,(H,27,39)(H,28,34)(H,29,38)(H,30,35)(H,31,40)(H,36,37)/t17-,18-,19-/m0/s1. The van der Waals surface area contributed by atoms with Crippen LogP contribution in [0.1, 0.15) is 32.3 Å². The molecular formula is C25H38N6O9. The normalized spacial score (nSPS) is 12.9. The first-order valence-electron chi connectivity index (χ1n) is 12.6. The Morgan fingerprint density at radius 2 is 1.45 bits per heavy atom. The van der Waals surface area contributed by atoms with Gasteiger partial charge in [-0.1, -0.05) is 26.0 Å². The van der Waals surface area contributed by atoms with E-state index in [9.17, 15) is 39.0 Å². The molecule has 0 bridgehead atoms. The molecule has 0 saturated heterocycles. The average Bonchev–Trinajstić information content (AvgIpc) is 2.89. The molecule has 3 atom stereocenters. The third-order valence-electron chi connectivity index (χ3n) is 5.41. The number of aliphatic hydroxyl groups is 1. The molecule has 0 radical (unpaired) electrons. The average molecular weight is 567 g/mol. The number of phenolic OH excluding ortho intramolecular Hbond substituents is 1. The molecule has 0 fully saturated rings. The van der Waals surface area contributed by atoms with Gasteiger partial charge in [-0.05, 0) is 36.5 Å². The lowest BCUT2D eigenvalue weighted by atomic mass is 10.0. The van der Waals surface area contributed by atoms with Gasteiger partial charge < -0.3 is 47.6 Å². The van der Waals surface area contributed by atoms with Crippen LogP contribution in [0.5, 0.6) is 5.75 Å². The molecule has 0 saturated carbocycles. The van der Waals surface area contributed by atoms with Crippen LogP contribution in [-0.4, -0.2) is 95.2 Å². The van der Waals surface area contributed by atoms with Crippen LogP contribution in [-0.2, 0) is 35.2 Å². The molecule has 1 aromatic rings. The molecular weight excluding hydrogens is 528 g/mol. The minimum Gasteiger partial charge on any atom is -0.508 e. The molecule has 222 valence electrons. The molecule has 0 spiro atoms. The number of benzene rings is 1. The lowest BCUT2D eigenvalue weighted by molar-refractivity contribution is -0.137. The summed E-state index contributed by atoms with van der Waals surface area (Å²) in [5.41, 5.74) is 6.56. The molecule has 0 aromatic heterocycles. The summed E-state index contributed by atoms with van der Waals surface area (Å²) < 4.78 is 0. The molecule has 15 heteroatoms. The number of amides is 5. The smallest absolute Gasteiger partial charge is 0.305 e. The van der Waals surface area contributed by atoms with Gasteiger partial charge in [0.05, 0.1) is 32.2 Å². The van der Waals surface area contributed by atoms with Gasteiger partial charge in [0.1, 0.15) is 17.8 Å². The molecule has 0 aliphatic heterocycles. The Hall–Kier alpha value is -4.24. The first kappa shape index (κ1) is 33.8. The van der Waals surface area contributed by atoms with Gasteiger partial charge in [0.15, 0.2) is 0 Å². The van der Waals surface area contributed by atoms with Gasteiger partial charge in [-0.25, -0.2) is 0 Å². The number of nitrogens with one attached hydrogen (secondary N) is 5. The maximum atomic E-state index is 12.7. The van der Waals surface area contributed by atoms with Gasteiger partial charge in [0, 0.05) is 6.54 Å². The van der Waals surface area contributed by atoms with Gasteiger partial charge in [-0.15, -0.1) is 0 Å². The van der Waals surface area contributed by atoms with Gasteiger partial charge in [0.2, 0.25) is 29.5 Å². The first-order valence-corrected chi connectivity index (χ1v) is 12.6. The van der Waals surface area contributed by atoms with Gasteiger partial charge in [-0.3, -0.25) is 28.8 Å². The van der Waals surface area contributed by atoms with Crippen LogP contribution in [0.4, 0.5) is 0 Å². The second-order valence-corrected chi connectivity index (χ2v) is 9.40. The van der Waals surface area contributed by atoms with Crippen LogP contribution < -0.4 is 32.3 Å². The minimum absolute atomic E-state index is 0.0522. The number of hydrogen-bond donors (Lipinski definition) is 9. The van der Waals surface area contributed by atoms with Crippen molar-refractivity contribution in [2.45, 2.75) is 51.2 Å². The van der Waals surface area contributed by atoms with Crippen LogP contribution in [0.25, 0.3) is 0 Å². The van der Waals surface area contributed by atoms with Crippen molar-refractivity contribution in [3.63, 3.8) is 0 Å². The highest BCUT2D eigenvalue weighted by atomic mass is 16.4. The fourth-order valence-electron chi connectivity index (χ4n) is 3.35. The van der Waals surface area contributed by atoms with Crippen molar-refractivity contribution in [2.75, 3.05) is 26.2 Å². The number of nitrogens with two attached hydrogens (primary N) is 1. The van der Waals surface area contributed by atoms with Crippen molar-refractivity contribution in [1.29, 1.82) is 0 Å². The molecule has 0 heterocycles. The summed E-state index contributed by atoms with van der Waals surface area (Å²) >= 11 is 0. The maximum absolute atomic E-state index is 12.7. The molecule has 5 amide bonds. The first-order chi connectivity index (χ1) is 18.8. The third-order valence-corrected chi connectivity index (χ3v) is 5.41. The van der Waals surface area contributed by atoms with Crippen molar-refractivity contribution in [3.05, 3.63) is 29.8 Å². The fraction of sp³-hybridized carbons (Fsp3) is 0.520. The van der Waals surface area contributed by atoms with Crippen LogP contribution >= 0.6 is 0 Å². The Labute approximate surface area is 231 Å². The van der Waals surface area contributed by atoms with E-state index in [-0.39, 0.29) is 37.5 Å². The molecule has 15 nitrogen and oxygen atoms in total. The number of carboxylic acid groups (broad SMARTS) is 1. The largest absolute Gasteiger partial charge is 0.508 e. The zero-order chi connectivity index (χ0) is 30.2. The second-order valence-electron chi connectivity index (χ2n) is 9.40. The van der Waals surface area contributed by atoms with E-state index in [1.54, 1.807) is 26.0 Å². The number of carbonyl (C=O) groups excluding carboxylic acids is 5. The van der Waals surface area contributed by atoms with Crippen molar-refractivity contribution < 1.29 is 44.1 Å². The minimum atomic E-state index is -1.36. The fourth-order valence-corrected chi connectivity index (χ4v) is 3.35. The number of carbonyl (C=O) groups is 6. The monoisotopic (exact) mass is 566 g/mol. The van der Waals surface area contributed by atoms with Crippen LogP contribution in [0.15, 0.2) is 24.3 Å². The van der Waals surface area contributed by atoms with Crippen molar-refractivity contribution in [2.24, 2.45) is 11.7 Å². The SMILES string of the molecule is CC(C)C[C@H](NC(=O)CNC(=O)CNC(=O)[C@@H](N)Cc1ccc(O)cc1)C(=O)N[C@@H](CO)C(=O)NCCC(=O)O. The molecule has 1 aromatic carbocycles. The Kier molecular flexibility index (Phi) is 14.7. The Bertz CT molecular complexity index is 1030. The maximum Gasteiger partial charge on any atom is 0.305 e. The summed E-state index contributed by atoms with van der Waals surface area (Å²) in [5.74, 6) is -4.63. The summed E-state index contributed by atoms with van der Waals surface area (Å²) in [6, 6.07) is 2.74. The summed E-state index contributed by atoms with van der Waals surface area (Å²) in [6.45, 7) is 1.69. The highest BCUT2D eigenvalue weighted by Gasteiger charge is 2.27. The van der Waals surface area contributed by atoms with Crippen molar-refractivity contribution in [3.8, 4) is 5.75 Å². The zero-order valence-electron chi connectivity index (χ0n) is 22.4. The summed E-state index contributed by atoms with van der Waals surface area (Å²) in [7, 11) is 0. The van der Waals surface area contributed by atoms with E-state index >= 15 is 0 Å². The Balaban J connectivity index is 2.54. The number of aromatic hydroxyl groups is 1. The van der Waals surface area contributed by atoms with E-state index in [1.807, 2.05) is 0 Å². The topological polar surface area (TPSA) is 249 Å². The third kappa shape index (κ3) is 13.5. The lowest BCUT2D eigenvalue weighted by Crippen LogP contribution is -2.56. The van der Waals surface area contributed by atoms with Crippen LogP contribution in [0, 0.1) is 5.92 Å². The number of carboxylic acids is 1. The summed E-state index contributed by atoms with van der Waals surface area (Å²) in [5, 5.41) is 39.2. The van der Waals surface area contributed by atoms with E-state index in [0.717, 1.165) is 0 Å². The lowest BCUT2D eigenvalue weighted by Gasteiger charge is -2.23. The number of rotatable bonds is 17. The predicted molar refractivity (Wildman–Crippen MR) is 141 cm³/mol. The van der Waals surface area contributed by atoms with Gasteiger partial charge in [0.25, 0.3) is 0 Å². The van der Waals surface area contributed by atoms with Gasteiger partial charge in [-0.2, -0.15) is 0 Å². The number of phenols is 1. The van der Waals surface area contributed by atoms with E-state index < -0.39 is 73.3 Å². The highest BCUT2D eigenvalue weighted by Crippen LogP contribution is 2.11. The summed E-state index contributed by atoms with van der Waals surface area (Å²) in [4.78, 5) is 72.1. The van der Waals surface area contributed by atoms with E-state index in [2.05, 4.69) is 26.6 Å². The zero-order valence-corrected chi connectivity index (χ0v) is 22.4. The molecule has 1 rings (SSSR count). The van der Waals surface area contributed by atoms with Crippen molar-refractivity contribution in [1.82, 2.24) is 26.6 Å². The van der Waals surface area contributed by atoms with Crippen LogP contribution in [0.2, 0.25) is 0 Å². The van der Waals surface area contributed by atoms with E-state index in [1.165, 1.54) is 12.1 Å². The van der Waals surface area contributed by atoms with Crippen LogP contribution in [0.3, 0.4) is 0 Å². The second kappa shape index (κ2) is 17.4. The molecule has 0 unspecified atom stereocenters. The quantitative estimate of drug-likeness (QED) is 0.0929.